The molecule has 2 aromatic heterocycles. The van der Waals surface area contributed by atoms with Gasteiger partial charge in [0.2, 0.25) is 5.95 Å². The lowest BCUT2D eigenvalue weighted by Crippen LogP contribution is -2.52. The van der Waals surface area contributed by atoms with Gasteiger partial charge in [-0.1, -0.05) is 0 Å². The molecule has 0 radical (unpaired) electrons. The molecule has 2 atom stereocenters. The minimum absolute atomic E-state index is 0.0165. The zero-order chi connectivity index (χ0) is 25.4. The maximum atomic E-state index is 13.7. The Morgan fingerprint density at radius 3 is 2.78 bits per heavy atom. The van der Waals surface area contributed by atoms with E-state index in [-0.39, 0.29) is 29.2 Å². The number of anilines is 3. The van der Waals surface area contributed by atoms with E-state index < -0.39 is 22.5 Å². The molecular weight excluding hydrogens is 511 g/mol. The molecule has 2 fully saturated rings. The van der Waals surface area contributed by atoms with Crippen molar-refractivity contribution in [1.82, 2.24) is 15.3 Å². The van der Waals surface area contributed by atoms with Gasteiger partial charge in [0.15, 0.2) is 0 Å². The van der Waals surface area contributed by atoms with Gasteiger partial charge in [-0.05, 0) is 48.6 Å². The molecule has 3 N–H and O–H groups in total. The number of hydrogen-bond donors (Lipinski definition) is 3. The third-order valence-corrected chi connectivity index (χ3v) is 8.36. The van der Waals surface area contributed by atoms with Crippen LogP contribution in [0.2, 0.25) is 0 Å². The van der Waals surface area contributed by atoms with Crippen molar-refractivity contribution in [3.05, 3.63) is 47.0 Å². The number of aliphatic hydroxyl groups is 1. The van der Waals surface area contributed by atoms with Crippen LogP contribution in [0, 0.1) is 0 Å². The van der Waals surface area contributed by atoms with Crippen molar-refractivity contribution in [2.24, 2.45) is 0 Å². The molecule has 12 heteroatoms. The minimum atomic E-state index is -4.63. The second-order valence-corrected chi connectivity index (χ2v) is 11.3. The van der Waals surface area contributed by atoms with E-state index in [9.17, 15) is 22.5 Å². The number of hydrogen-bond acceptors (Lipinski definition) is 8. The molecule has 0 spiro atoms. The molecule has 7 nitrogen and oxygen atoms in total. The van der Waals surface area contributed by atoms with Crippen molar-refractivity contribution < 1.29 is 22.5 Å². The second kappa shape index (κ2) is 10.1. The highest BCUT2D eigenvalue weighted by Crippen LogP contribution is 2.45. The van der Waals surface area contributed by atoms with Gasteiger partial charge >= 0.3 is 6.18 Å². The first-order chi connectivity index (χ1) is 17.2. The van der Waals surface area contributed by atoms with Gasteiger partial charge in [-0.3, -0.25) is 4.21 Å². The highest BCUT2D eigenvalue weighted by molar-refractivity contribution is 7.84. The average molecular weight is 538 g/mol. The number of halogens is 3. The molecule has 5 rings (SSSR count). The van der Waals surface area contributed by atoms with Crippen molar-refractivity contribution in [3.63, 3.8) is 0 Å². The number of nitrogens with one attached hydrogen (secondary N) is 2. The Kier molecular flexibility index (Phi) is 7.03. The molecule has 1 aliphatic carbocycles. The van der Waals surface area contributed by atoms with Gasteiger partial charge in [0.1, 0.15) is 5.56 Å². The van der Waals surface area contributed by atoms with Crippen LogP contribution in [0.3, 0.4) is 0 Å². The van der Waals surface area contributed by atoms with Crippen molar-refractivity contribution in [1.29, 1.82) is 0 Å². The number of rotatable bonds is 7. The van der Waals surface area contributed by atoms with Gasteiger partial charge in [0.05, 0.1) is 28.0 Å². The maximum absolute atomic E-state index is 13.7. The number of nitrogens with zero attached hydrogens (tertiary/aromatic N) is 3. The first-order valence-corrected chi connectivity index (χ1v) is 14.0. The summed E-state index contributed by atoms with van der Waals surface area (Å²) in [4.78, 5) is 11.2. The summed E-state index contributed by atoms with van der Waals surface area (Å²) in [5.41, 5.74) is 1.73. The minimum Gasteiger partial charge on any atom is -0.395 e. The van der Waals surface area contributed by atoms with Crippen LogP contribution in [0.5, 0.6) is 0 Å². The van der Waals surface area contributed by atoms with E-state index in [0.717, 1.165) is 60.4 Å². The zero-order valence-corrected chi connectivity index (χ0v) is 21.1. The highest BCUT2D eigenvalue weighted by Gasteiger charge is 2.36. The molecule has 36 heavy (non-hydrogen) atoms. The van der Waals surface area contributed by atoms with Crippen molar-refractivity contribution in [2.45, 2.75) is 35.9 Å². The zero-order valence-electron chi connectivity index (χ0n) is 19.5. The normalized spacial score (nSPS) is 19.4. The lowest BCUT2D eigenvalue weighted by Gasteiger charge is -2.35. The fourth-order valence-corrected chi connectivity index (χ4v) is 6.14. The van der Waals surface area contributed by atoms with E-state index >= 15 is 0 Å². The summed E-state index contributed by atoms with van der Waals surface area (Å²) >= 11 is 1.07. The Labute approximate surface area is 213 Å². The molecular formula is C24H26F3N5O2S2. The number of piperazine rings is 1. The predicted octanol–water partition coefficient (Wildman–Crippen LogP) is 4.35. The van der Waals surface area contributed by atoms with Crippen LogP contribution in [0.1, 0.15) is 29.9 Å². The van der Waals surface area contributed by atoms with E-state index in [4.69, 9.17) is 0 Å². The SMILES string of the molecule is CS(=O)c1csc(-c2nc(Nc3ccc(N4CCNC(CO)C4)cc3C3CC3)ncc2C(F)(F)F)c1. The van der Waals surface area contributed by atoms with Crippen molar-refractivity contribution in [3.8, 4) is 10.6 Å². The Bertz CT molecular complexity index is 1280. The molecule has 3 heterocycles. The molecule has 3 aromatic rings. The Balaban J connectivity index is 1.47. The second-order valence-electron chi connectivity index (χ2n) is 9.00. The van der Waals surface area contributed by atoms with E-state index in [1.165, 1.54) is 12.3 Å². The Morgan fingerprint density at radius 1 is 1.31 bits per heavy atom. The highest BCUT2D eigenvalue weighted by atomic mass is 32.2. The first kappa shape index (κ1) is 25.1. The van der Waals surface area contributed by atoms with E-state index in [1.54, 1.807) is 5.38 Å². The summed E-state index contributed by atoms with van der Waals surface area (Å²) in [6.07, 6.45) is -0.251. The number of aromatic nitrogens is 2. The van der Waals surface area contributed by atoms with E-state index in [0.29, 0.717) is 17.4 Å². The van der Waals surface area contributed by atoms with Gasteiger partial charge in [0.25, 0.3) is 0 Å². The van der Waals surface area contributed by atoms with E-state index in [2.05, 4.69) is 31.6 Å². The molecule has 1 saturated carbocycles. The number of thiophene rings is 1. The molecule has 2 aliphatic rings. The fourth-order valence-electron chi connectivity index (χ4n) is 4.33. The van der Waals surface area contributed by atoms with E-state index in [1.807, 2.05) is 12.1 Å². The summed E-state index contributed by atoms with van der Waals surface area (Å²) in [6, 6.07) is 7.51. The monoisotopic (exact) mass is 537 g/mol. The maximum Gasteiger partial charge on any atom is 0.420 e. The molecule has 0 bridgehead atoms. The summed E-state index contributed by atoms with van der Waals surface area (Å²) in [6.45, 7) is 2.37. The first-order valence-electron chi connectivity index (χ1n) is 11.6. The number of benzene rings is 1. The lowest BCUT2D eigenvalue weighted by molar-refractivity contribution is -0.137. The predicted molar refractivity (Wildman–Crippen MR) is 135 cm³/mol. The van der Waals surface area contributed by atoms with Crippen LogP contribution in [0.15, 0.2) is 40.7 Å². The summed E-state index contributed by atoms with van der Waals surface area (Å²) < 4.78 is 53.0. The van der Waals surface area contributed by atoms with Gasteiger partial charge in [-0.15, -0.1) is 11.3 Å². The Hall–Kier alpha value is -2.54. The summed E-state index contributed by atoms with van der Waals surface area (Å²) in [5, 5.41) is 17.5. The largest absolute Gasteiger partial charge is 0.420 e. The van der Waals surface area contributed by atoms with Gasteiger partial charge in [-0.25, -0.2) is 9.97 Å². The van der Waals surface area contributed by atoms with Crippen molar-refractivity contribution >= 4 is 39.5 Å². The molecule has 0 amide bonds. The van der Waals surface area contributed by atoms with Crippen LogP contribution in [-0.2, 0) is 17.0 Å². The Morgan fingerprint density at radius 2 is 2.11 bits per heavy atom. The number of alkyl halides is 3. The molecule has 1 aliphatic heterocycles. The smallest absolute Gasteiger partial charge is 0.395 e. The molecule has 1 aromatic carbocycles. The van der Waals surface area contributed by atoms with Crippen LogP contribution < -0.4 is 15.5 Å². The van der Waals surface area contributed by atoms with Gasteiger partial charge in [-0.2, -0.15) is 13.2 Å². The quantitative estimate of drug-likeness (QED) is 0.413. The molecule has 2 unspecified atom stereocenters. The van der Waals surface area contributed by atoms with Crippen LogP contribution in [-0.4, -0.2) is 57.8 Å². The lowest BCUT2D eigenvalue weighted by atomic mass is 10.1. The third-order valence-electron chi connectivity index (χ3n) is 6.37. The van der Waals surface area contributed by atoms with Crippen LogP contribution in [0.25, 0.3) is 10.6 Å². The number of aliphatic hydroxyl groups excluding tert-OH is 1. The third kappa shape index (κ3) is 5.41. The van der Waals surface area contributed by atoms with Crippen molar-refractivity contribution in [2.75, 3.05) is 42.7 Å². The van der Waals surface area contributed by atoms with Crippen LogP contribution in [0.4, 0.5) is 30.5 Å². The molecule has 192 valence electrons. The summed E-state index contributed by atoms with van der Waals surface area (Å²) in [7, 11) is -1.31. The molecule has 1 saturated heterocycles. The average Bonchev–Trinajstić information content (AvgIpc) is 3.58. The summed E-state index contributed by atoms with van der Waals surface area (Å²) in [5.74, 6) is 0.444. The standard InChI is InChI=1S/C24H26F3N5O2S2/c1-36(34)17-9-21(35-13-17)22-19(24(25,26)27)10-29-23(31-22)30-20-5-4-16(8-18(20)14-2-3-14)32-7-6-28-15(11-32)12-33/h4-5,8-10,13-15,28,33H,2-3,6-7,11-12H2,1H3,(H,29,30,31). The van der Waals surface area contributed by atoms with Gasteiger partial charge < -0.3 is 20.6 Å². The topological polar surface area (TPSA) is 90.4 Å². The van der Waals surface area contributed by atoms with Gasteiger partial charge in [0, 0.05) is 59.8 Å². The van der Waals surface area contributed by atoms with Crippen LogP contribution >= 0.6 is 11.3 Å². The fraction of sp³-hybridized carbons (Fsp3) is 0.417.